The molecule has 0 amide bonds. The fourth-order valence-corrected chi connectivity index (χ4v) is 1.87. The number of halogens is 1. The zero-order valence-corrected chi connectivity index (χ0v) is 10.4. The van der Waals surface area contributed by atoms with Crippen molar-refractivity contribution < 1.29 is 5.11 Å². The van der Waals surface area contributed by atoms with Gasteiger partial charge in [0.15, 0.2) is 0 Å². The fraction of sp³-hybridized carbons (Fsp3) is 1.00. The lowest BCUT2D eigenvalue weighted by atomic mass is 10.3. The first-order valence-corrected chi connectivity index (χ1v) is 5.53. The summed E-state index contributed by atoms with van der Waals surface area (Å²) in [4.78, 5) is 4.15. The van der Waals surface area contributed by atoms with Crippen LogP contribution in [0.3, 0.4) is 0 Å². The van der Waals surface area contributed by atoms with E-state index in [4.69, 9.17) is 0 Å². The van der Waals surface area contributed by atoms with Crippen molar-refractivity contribution in [3.8, 4) is 0 Å². The van der Waals surface area contributed by atoms with Gasteiger partial charge in [0.1, 0.15) is 6.23 Å². The number of hydrogen-bond donors (Lipinski definition) is 1. The Bertz CT molecular complexity index is 148. The van der Waals surface area contributed by atoms with Crippen molar-refractivity contribution in [3.63, 3.8) is 0 Å². The number of piperazine rings is 1. The number of likely N-dealkylation sites (N-methyl/N-ethyl adjacent to an activating group) is 1. The Morgan fingerprint density at radius 3 is 2.31 bits per heavy atom. The van der Waals surface area contributed by atoms with Crippen molar-refractivity contribution in [2.24, 2.45) is 0 Å². The van der Waals surface area contributed by atoms with Crippen LogP contribution in [-0.2, 0) is 0 Å². The van der Waals surface area contributed by atoms with E-state index in [1.54, 1.807) is 0 Å². The third kappa shape index (κ3) is 4.07. The van der Waals surface area contributed by atoms with Crippen LogP contribution < -0.4 is 0 Å². The molecule has 13 heavy (non-hydrogen) atoms. The summed E-state index contributed by atoms with van der Waals surface area (Å²) >= 11 is 2.33. The number of aliphatic hydroxyl groups excluding tert-OH is 1. The Kier molecular flexibility index (Phi) is 4.88. The fourth-order valence-electron chi connectivity index (χ4n) is 1.44. The first kappa shape index (κ1) is 11.6. The Hall–Kier alpha value is 0.570. The molecule has 1 atom stereocenters. The molecule has 78 valence electrons. The van der Waals surface area contributed by atoms with E-state index in [1.807, 2.05) is 19.0 Å². The minimum Gasteiger partial charge on any atom is -0.377 e. The molecule has 0 bridgehead atoms. The molecule has 0 aromatic rings. The van der Waals surface area contributed by atoms with E-state index in [0.717, 1.165) is 32.7 Å². The predicted molar refractivity (Wildman–Crippen MR) is 61.7 cm³/mol. The monoisotopic (exact) mass is 299 g/mol. The van der Waals surface area contributed by atoms with Crippen LogP contribution in [0.25, 0.3) is 0 Å². The molecule has 1 fully saturated rings. The van der Waals surface area contributed by atoms with E-state index >= 15 is 0 Å². The van der Waals surface area contributed by atoms with Crippen LogP contribution in [0.1, 0.15) is 0 Å². The first-order valence-electron chi connectivity index (χ1n) is 4.57. The summed E-state index contributed by atoms with van der Waals surface area (Å²) in [5.41, 5.74) is 0. The van der Waals surface area contributed by atoms with Crippen LogP contribution in [0.4, 0.5) is 0 Å². The minimum absolute atomic E-state index is 0.305. The Morgan fingerprint density at radius 2 is 1.85 bits per heavy atom. The van der Waals surface area contributed by atoms with Crippen LogP contribution >= 0.6 is 22.9 Å². The summed E-state index contributed by atoms with van der Waals surface area (Å²) in [6.45, 7) is 4.76. The predicted octanol–water partition coefficient (Wildman–Crippen LogP) is -0.166. The van der Waals surface area contributed by atoms with Gasteiger partial charge in [0, 0.05) is 55.6 Å². The molecule has 0 aromatic heterocycles. The second-order valence-electron chi connectivity index (χ2n) is 3.69. The smallest absolute Gasteiger partial charge is 0.120 e. The normalized spacial score (nSPS) is 23.8. The van der Waals surface area contributed by atoms with Gasteiger partial charge >= 0.3 is 0 Å². The third-order valence-corrected chi connectivity index (χ3v) is 3.17. The van der Waals surface area contributed by atoms with Crippen molar-refractivity contribution in [2.75, 3.05) is 46.8 Å². The standard InChI is InChI=1S/C8H18IN3O/c1-10(2)7-8(13)11-3-5-12(9)6-4-11/h8,13H,3-7H2,1-2H3. The molecule has 5 heteroatoms. The Balaban J connectivity index is 2.27. The molecule has 0 aromatic carbocycles. The summed E-state index contributed by atoms with van der Waals surface area (Å²) in [7, 11) is 3.97. The maximum absolute atomic E-state index is 9.79. The maximum atomic E-state index is 9.79. The molecular weight excluding hydrogens is 281 g/mol. The molecule has 1 saturated heterocycles. The van der Waals surface area contributed by atoms with Gasteiger partial charge < -0.3 is 10.0 Å². The van der Waals surface area contributed by atoms with Gasteiger partial charge in [-0.15, -0.1) is 0 Å². The molecule has 1 rings (SSSR count). The van der Waals surface area contributed by atoms with Crippen LogP contribution in [-0.4, -0.2) is 71.1 Å². The van der Waals surface area contributed by atoms with Crippen molar-refractivity contribution in [1.29, 1.82) is 0 Å². The SMILES string of the molecule is CN(C)CC(O)N1CCN(I)CC1. The van der Waals surface area contributed by atoms with Crippen LogP contribution in [0.2, 0.25) is 0 Å². The van der Waals surface area contributed by atoms with Gasteiger partial charge in [-0.1, -0.05) is 0 Å². The summed E-state index contributed by atoms with van der Waals surface area (Å²) in [5.74, 6) is 0. The van der Waals surface area contributed by atoms with Crippen molar-refractivity contribution >= 4 is 22.9 Å². The maximum Gasteiger partial charge on any atom is 0.120 e. The highest BCUT2D eigenvalue weighted by Crippen LogP contribution is 2.08. The largest absolute Gasteiger partial charge is 0.377 e. The molecule has 4 nitrogen and oxygen atoms in total. The van der Waals surface area contributed by atoms with E-state index in [-0.39, 0.29) is 6.23 Å². The quantitative estimate of drug-likeness (QED) is 0.579. The van der Waals surface area contributed by atoms with Gasteiger partial charge in [-0.2, -0.15) is 0 Å². The van der Waals surface area contributed by atoms with E-state index in [9.17, 15) is 5.11 Å². The molecule has 0 radical (unpaired) electrons. The lowest BCUT2D eigenvalue weighted by Gasteiger charge is -2.35. The van der Waals surface area contributed by atoms with Gasteiger partial charge in [0.05, 0.1) is 0 Å². The number of hydrogen-bond acceptors (Lipinski definition) is 4. The number of rotatable bonds is 3. The molecule has 1 aliphatic rings. The average molecular weight is 299 g/mol. The van der Waals surface area contributed by atoms with Gasteiger partial charge in [-0.3, -0.25) is 4.90 Å². The Labute approximate surface area is 94.0 Å². The highest BCUT2D eigenvalue weighted by Gasteiger charge is 2.20. The molecule has 1 unspecified atom stereocenters. The van der Waals surface area contributed by atoms with Crippen LogP contribution in [0, 0.1) is 0 Å². The van der Waals surface area contributed by atoms with Crippen LogP contribution in [0.5, 0.6) is 0 Å². The van der Waals surface area contributed by atoms with Crippen molar-refractivity contribution in [2.45, 2.75) is 6.23 Å². The highest BCUT2D eigenvalue weighted by atomic mass is 127. The van der Waals surface area contributed by atoms with E-state index < -0.39 is 0 Å². The first-order chi connectivity index (χ1) is 6.09. The summed E-state index contributed by atoms with van der Waals surface area (Å²) < 4.78 is 2.26. The Morgan fingerprint density at radius 1 is 1.31 bits per heavy atom. The third-order valence-electron chi connectivity index (χ3n) is 2.21. The topological polar surface area (TPSA) is 30.0 Å². The number of aliphatic hydroxyl groups is 1. The van der Waals surface area contributed by atoms with Gasteiger partial charge in [0.2, 0.25) is 0 Å². The number of nitrogens with zero attached hydrogens (tertiary/aromatic N) is 3. The van der Waals surface area contributed by atoms with Gasteiger partial charge in [0.25, 0.3) is 0 Å². The second kappa shape index (κ2) is 5.45. The van der Waals surface area contributed by atoms with Crippen molar-refractivity contribution in [3.05, 3.63) is 0 Å². The van der Waals surface area contributed by atoms with Gasteiger partial charge in [-0.05, 0) is 14.1 Å². The average Bonchev–Trinajstić information content (AvgIpc) is 2.04. The lowest BCUT2D eigenvalue weighted by Crippen LogP contribution is -2.50. The zero-order chi connectivity index (χ0) is 9.84. The lowest BCUT2D eigenvalue weighted by molar-refractivity contribution is -0.0250. The summed E-state index contributed by atoms with van der Waals surface area (Å²) in [6, 6.07) is 0. The molecule has 0 aliphatic carbocycles. The summed E-state index contributed by atoms with van der Waals surface area (Å²) in [6.07, 6.45) is -0.305. The van der Waals surface area contributed by atoms with Crippen molar-refractivity contribution in [1.82, 2.24) is 12.9 Å². The minimum atomic E-state index is -0.305. The second-order valence-corrected chi connectivity index (χ2v) is 5.05. The molecular formula is C8H18IN3O. The van der Waals surface area contributed by atoms with E-state index in [0.29, 0.717) is 0 Å². The molecule has 0 saturated carbocycles. The van der Waals surface area contributed by atoms with Gasteiger partial charge in [-0.25, -0.2) is 3.11 Å². The molecule has 1 N–H and O–H groups in total. The van der Waals surface area contributed by atoms with E-state index in [1.165, 1.54) is 0 Å². The summed E-state index contributed by atoms with van der Waals surface area (Å²) in [5, 5.41) is 9.79. The molecule has 1 aliphatic heterocycles. The molecule has 1 heterocycles. The van der Waals surface area contributed by atoms with E-state index in [2.05, 4.69) is 30.9 Å². The molecule has 0 spiro atoms. The highest BCUT2D eigenvalue weighted by molar-refractivity contribution is 14.1. The zero-order valence-electron chi connectivity index (χ0n) is 8.28. The van der Waals surface area contributed by atoms with Crippen LogP contribution in [0.15, 0.2) is 0 Å².